The summed E-state index contributed by atoms with van der Waals surface area (Å²) in [6.07, 6.45) is -4.40. The maximum Gasteiger partial charge on any atom is 0.416 e. The van der Waals surface area contributed by atoms with Crippen molar-refractivity contribution in [1.29, 1.82) is 0 Å². The van der Waals surface area contributed by atoms with Gasteiger partial charge < -0.3 is 5.11 Å². The Labute approximate surface area is 108 Å². The number of carboxylic acids is 1. The average molecular weight is 329 g/mol. The first kappa shape index (κ1) is 14.4. The zero-order valence-electron chi connectivity index (χ0n) is 8.58. The maximum absolute atomic E-state index is 12.4. The molecular weight excluding hydrogens is 321 g/mol. The molecule has 0 heterocycles. The van der Waals surface area contributed by atoms with Crippen LogP contribution in [0.4, 0.5) is 13.2 Å². The number of hydrogen-bond acceptors (Lipinski definition) is 2. The fourth-order valence-electron chi connectivity index (χ4n) is 1.01. The van der Waals surface area contributed by atoms with Gasteiger partial charge in [-0.05, 0) is 41.1 Å². The molecule has 1 rings (SSSR count). The summed E-state index contributed by atoms with van der Waals surface area (Å²) in [5.41, 5.74) is -0.767. The van der Waals surface area contributed by atoms with E-state index < -0.39 is 23.0 Å². The minimum atomic E-state index is -4.40. The number of aliphatic carboxylic acids is 1. The molecule has 1 aromatic carbocycles. The van der Waals surface area contributed by atoms with E-state index in [0.717, 1.165) is 23.9 Å². The molecule has 0 spiro atoms. The minimum Gasteiger partial charge on any atom is -0.480 e. The van der Waals surface area contributed by atoms with E-state index in [4.69, 9.17) is 5.11 Å². The van der Waals surface area contributed by atoms with Gasteiger partial charge in [-0.1, -0.05) is 0 Å². The van der Waals surface area contributed by atoms with E-state index in [1.54, 1.807) is 0 Å². The molecule has 0 saturated carbocycles. The SMILES string of the molecule is CC(Sc1ccc(C(F)(F)F)cc1Br)C(=O)O. The lowest BCUT2D eigenvalue weighted by molar-refractivity contribution is -0.138. The predicted molar refractivity (Wildman–Crippen MR) is 62.1 cm³/mol. The van der Waals surface area contributed by atoms with Gasteiger partial charge in [-0.3, -0.25) is 4.79 Å². The number of benzene rings is 1. The van der Waals surface area contributed by atoms with E-state index in [0.29, 0.717) is 4.90 Å². The van der Waals surface area contributed by atoms with Gasteiger partial charge in [-0.15, -0.1) is 11.8 Å². The highest BCUT2D eigenvalue weighted by molar-refractivity contribution is 9.10. The lowest BCUT2D eigenvalue weighted by atomic mass is 10.2. The van der Waals surface area contributed by atoms with Crippen molar-refractivity contribution >= 4 is 33.7 Å². The molecule has 0 bridgehead atoms. The summed E-state index contributed by atoms with van der Waals surface area (Å²) >= 11 is 3.99. The topological polar surface area (TPSA) is 37.3 Å². The Morgan fingerprint density at radius 2 is 2.06 bits per heavy atom. The predicted octanol–water partition coefficient (Wildman–Crippen LogP) is 4.03. The van der Waals surface area contributed by atoms with Gasteiger partial charge in [0, 0.05) is 9.37 Å². The van der Waals surface area contributed by atoms with Gasteiger partial charge in [0.2, 0.25) is 0 Å². The Bertz CT molecular complexity index is 434. The third-order valence-corrected chi connectivity index (χ3v) is 3.99. The largest absolute Gasteiger partial charge is 0.480 e. The van der Waals surface area contributed by atoms with Crippen LogP contribution >= 0.6 is 27.7 Å². The van der Waals surface area contributed by atoms with Crippen molar-refractivity contribution in [2.24, 2.45) is 0 Å². The summed E-state index contributed by atoms with van der Waals surface area (Å²) in [5, 5.41) is 7.98. The van der Waals surface area contributed by atoms with Crippen LogP contribution < -0.4 is 0 Å². The second kappa shape index (κ2) is 5.30. The number of rotatable bonds is 3. The Hall–Kier alpha value is -0.690. The zero-order chi connectivity index (χ0) is 13.2. The van der Waals surface area contributed by atoms with Gasteiger partial charge in [0.25, 0.3) is 0 Å². The molecule has 1 aromatic rings. The fourth-order valence-corrected chi connectivity index (χ4v) is 2.47. The van der Waals surface area contributed by atoms with Gasteiger partial charge in [-0.2, -0.15) is 13.2 Å². The summed E-state index contributed by atoms with van der Waals surface area (Å²) in [4.78, 5) is 11.1. The smallest absolute Gasteiger partial charge is 0.416 e. The van der Waals surface area contributed by atoms with E-state index in [1.807, 2.05) is 0 Å². The van der Waals surface area contributed by atoms with E-state index in [1.165, 1.54) is 13.0 Å². The molecule has 1 atom stereocenters. The number of halogens is 4. The normalized spacial score (nSPS) is 13.5. The van der Waals surface area contributed by atoms with E-state index >= 15 is 0 Å². The number of carbonyl (C=O) groups is 1. The molecule has 0 aromatic heterocycles. The summed E-state index contributed by atoms with van der Waals surface area (Å²) < 4.78 is 37.3. The van der Waals surface area contributed by atoms with Gasteiger partial charge in [0.05, 0.1) is 5.56 Å². The summed E-state index contributed by atoms with van der Waals surface area (Å²) in [7, 11) is 0. The standard InChI is InChI=1S/C10H8BrF3O2S/c1-5(9(15)16)17-8-3-2-6(4-7(8)11)10(12,13)14/h2-5H,1H3,(H,15,16). The molecule has 0 radical (unpaired) electrons. The number of alkyl halides is 3. The monoisotopic (exact) mass is 328 g/mol. The number of carboxylic acid groups (broad SMARTS) is 1. The van der Waals surface area contributed by atoms with Gasteiger partial charge >= 0.3 is 12.1 Å². The van der Waals surface area contributed by atoms with Gasteiger partial charge in [0.15, 0.2) is 0 Å². The molecule has 1 N–H and O–H groups in total. The van der Waals surface area contributed by atoms with E-state index in [-0.39, 0.29) is 4.47 Å². The third-order valence-electron chi connectivity index (χ3n) is 1.91. The number of hydrogen-bond donors (Lipinski definition) is 1. The third kappa shape index (κ3) is 3.92. The Morgan fingerprint density at radius 3 is 2.47 bits per heavy atom. The molecule has 0 saturated heterocycles. The van der Waals surface area contributed by atoms with Gasteiger partial charge in [-0.25, -0.2) is 0 Å². The van der Waals surface area contributed by atoms with Gasteiger partial charge in [0.1, 0.15) is 5.25 Å². The molecule has 7 heteroatoms. The molecule has 17 heavy (non-hydrogen) atoms. The van der Waals surface area contributed by atoms with Crippen molar-refractivity contribution in [1.82, 2.24) is 0 Å². The van der Waals surface area contributed by atoms with Crippen LogP contribution in [0, 0.1) is 0 Å². The van der Waals surface area contributed by atoms with Crippen molar-refractivity contribution in [3.8, 4) is 0 Å². The van der Waals surface area contributed by atoms with E-state index in [9.17, 15) is 18.0 Å². The molecule has 1 unspecified atom stereocenters. The molecular formula is C10H8BrF3O2S. The van der Waals surface area contributed by atoms with Crippen molar-refractivity contribution in [3.05, 3.63) is 28.2 Å². The highest BCUT2D eigenvalue weighted by Gasteiger charge is 2.31. The molecule has 0 aliphatic heterocycles. The quantitative estimate of drug-likeness (QED) is 0.851. The van der Waals surface area contributed by atoms with E-state index in [2.05, 4.69) is 15.9 Å². The maximum atomic E-state index is 12.4. The second-order valence-corrected chi connectivity index (χ2v) is 5.48. The first-order valence-electron chi connectivity index (χ1n) is 4.48. The van der Waals surface area contributed by atoms with Crippen LogP contribution in [0.5, 0.6) is 0 Å². The summed E-state index contributed by atoms with van der Waals surface area (Å²) in [6, 6.07) is 3.13. The molecule has 0 aliphatic rings. The zero-order valence-corrected chi connectivity index (χ0v) is 11.0. The number of thioether (sulfide) groups is 1. The minimum absolute atomic E-state index is 0.241. The summed E-state index contributed by atoms with van der Waals surface area (Å²) in [6.45, 7) is 1.47. The Morgan fingerprint density at radius 1 is 1.47 bits per heavy atom. The van der Waals surface area contributed by atoms with Crippen molar-refractivity contribution in [3.63, 3.8) is 0 Å². The van der Waals surface area contributed by atoms with Crippen LogP contribution in [0.25, 0.3) is 0 Å². The average Bonchev–Trinajstić information content (AvgIpc) is 2.19. The van der Waals surface area contributed by atoms with Crippen molar-refractivity contribution in [2.45, 2.75) is 23.2 Å². The molecule has 0 aliphatic carbocycles. The van der Waals surface area contributed by atoms with Crippen LogP contribution in [0.3, 0.4) is 0 Å². The van der Waals surface area contributed by atoms with Crippen LogP contribution in [-0.4, -0.2) is 16.3 Å². The molecule has 2 nitrogen and oxygen atoms in total. The first-order valence-corrected chi connectivity index (χ1v) is 6.15. The Kier molecular flexibility index (Phi) is 4.48. The van der Waals surface area contributed by atoms with Crippen LogP contribution in [-0.2, 0) is 11.0 Å². The van der Waals surface area contributed by atoms with Crippen LogP contribution in [0.15, 0.2) is 27.6 Å². The molecule has 0 amide bonds. The fraction of sp³-hybridized carbons (Fsp3) is 0.300. The highest BCUT2D eigenvalue weighted by atomic mass is 79.9. The first-order chi connectivity index (χ1) is 7.71. The molecule has 0 fully saturated rings. The van der Waals surface area contributed by atoms with Crippen molar-refractivity contribution < 1.29 is 23.1 Å². The Balaban J connectivity index is 2.95. The molecule has 94 valence electrons. The summed E-state index contributed by atoms with van der Waals surface area (Å²) in [5.74, 6) is -1.01. The lowest BCUT2D eigenvalue weighted by Crippen LogP contribution is -2.11. The van der Waals surface area contributed by atoms with Crippen molar-refractivity contribution in [2.75, 3.05) is 0 Å². The lowest BCUT2D eigenvalue weighted by Gasteiger charge is -2.11. The van der Waals surface area contributed by atoms with Crippen LogP contribution in [0.1, 0.15) is 12.5 Å². The van der Waals surface area contributed by atoms with Crippen LogP contribution in [0.2, 0.25) is 0 Å². The second-order valence-electron chi connectivity index (χ2n) is 3.24. The highest BCUT2D eigenvalue weighted by Crippen LogP contribution is 2.36.